The van der Waals surface area contributed by atoms with E-state index in [-0.39, 0.29) is 0 Å². The van der Waals surface area contributed by atoms with Crippen LogP contribution in [0.1, 0.15) is 54.4 Å². The number of aliphatic hydroxyl groups excluding tert-OH is 31. The van der Waals surface area contributed by atoms with E-state index in [0.717, 1.165) is 27.7 Å². The fourth-order valence-corrected chi connectivity index (χ4v) is 18.5. The van der Waals surface area contributed by atoms with Crippen LogP contribution < -0.4 is 21.3 Å². The molecule has 4 amide bonds. The lowest BCUT2D eigenvalue weighted by atomic mass is 9.87. The summed E-state index contributed by atoms with van der Waals surface area (Å²) in [5, 5.41) is 379. The fraction of sp³-hybridized carbons (Fsp3) is 0.950. The second kappa shape index (κ2) is 50.8. The maximum absolute atomic E-state index is 13.3. The quantitative estimate of drug-likeness (QED) is 0.0254. The molecule has 11 aliphatic rings. The van der Waals surface area contributed by atoms with E-state index < -0.39 is 458 Å². The van der Waals surface area contributed by atoms with Gasteiger partial charge in [-0.1, -0.05) is 13.8 Å². The van der Waals surface area contributed by atoms with Crippen LogP contribution in [-0.2, 0) is 119 Å². The normalized spacial score (nSPS) is 48.6. The molecular formula is C80H136N4O58. The fourth-order valence-electron chi connectivity index (χ4n) is 18.5. The molecule has 0 aromatic rings. The van der Waals surface area contributed by atoms with E-state index in [2.05, 4.69) is 21.3 Å². The Bertz CT molecular complexity index is 3920. The van der Waals surface area contributed by atoms with E-state index in [1.54, 1.807) is 0 Å². The molecule has 11 saturated heterocycles. The van der Waals surface area contributed by atoms with Crippen molar-refractivity contribution in [2.24, 2.45) is 11.8 Å². The van der Waals surface area contributed by atoms with E-state index in [0.29, 0.717) is 0 Å². The van der Waals surface area contributed by atoms with Gasteiger partial charge in [-0.3, -0.25) is 19.2 Å². The van der Waals surface area contributed by atoms with Crippen LogP contribution in [0.5, 0.6) is 0 Å². The van der Waals surface area contributed by atoms with Crippen molar-refractivity contribution in [3.63, 3.8) is 0 Å². The lowest BCUT2D eigenvalue weighted by Gasteiger charge is -2.51. The van der Waals surface area contributed by atoms with Gasteiger partial charge in [0.05, 0.1) is 110 Å². The molecule has 57 atom stereocenters. The van der Waals surface area contributed by atoms with Crippen molar-refractivity contribution < 1.29 is 287 Å². The highest BCUT2D eigenvalue weighted by Gasteiger charge is 2.63. The highest BCUT2D eigenvalue weighted by molar-refractivity contribution is 5.74. The SMILES string of the molecule is CC(=O)NC1C(O)[C@H](O[C@@H]2OC(CO[C@]3(O)CC(O)[C@@H](C)C([C@H](O)C(O)CO)O3)[C@H](O)[C@H](O)C2O)C(CO)O[C@H]1OC1[C@@H](OCC2O[C@@H](O[C@@H]3C(CO)O[C@@H](O[C@@H]4C(CO)O[C@@H](O)C(NC(C)=O)[C@H]4O)C(NC(C)=O)[C@H]3O)C(O)[C@@H](O[C@@H]3OC(CO)[C@H](O)C(O)[C@@H]3O[C@@H]3OC(CO)[C@@H](O[C@@H]4OC(CO[C@]5(O)CC(O)[C@@H](C)C([C@H](O)C(O)CO)O5)[C@H](O)[C@H](O)C4O)[C@H](O)C3NC(C)=O)[C@@H]2O)OC(CO)[C@@H](O)[C@@H]1O. The van der Waals surface area contributed by atoms with E-state index in [9.17, 15) is 188 Å². The number of ether oxygens (including phenoxy) is 21. The van der Waals surface area contributed by atoms with Crippen molar-refractivity contribution in [1.29, 1.82) is 0 Å². The number of rotatable bonds is 39. The summed E-state index contributed by atoms with van der Waals surface area (Å²) in [7, 11) is 0. The van der Waals surface area contributed by atoms with E-state index >= 15 is 0 Å². The molecule has 11 fully saturated rings. The summed E-state index contributed by atoms with van der Waals surface area (Å²) in [6.45, 7) is -6.23. The number of hydrogen-bond acceptors (Lipinski definition) is 58. The van der Waals surface area contributed by atoms with Crippen molar-refractivity contribution >= 4 is 23.6 Å². The van der Waals surface area contributed by atoms with Crippen LogP contribution >= 0.6 is 0 Å². The highest BCUT2D eigenvalue weighted by Crippen LogP contribution is 2.44. The maximum atomic E-state index is 13.3. The second-order valence-corrected chi connectivity index (χ2v) is 36.8. The summed E-state index contributed by atoms with van der Waals surface area (Å²) in [6, 6.07) is -7.84. The number of amides is 4. The Morgan fingerprint density at radius 1 is 0.296 bits per heavy atom. The van der Waals surface area contributed by atoms with Gasteiger partial charge in [-0.15, -0.1) is 0 Å². The molecule has 11 aliphatic heterocycles. The third-order valence-corrected chi connectivity index (χ3v) is 26.6. The summed E-state index contributed by atoms with van der Waals surface area (Å²) in [5.41, 5.74) is 0. The Kier molecular flexibility index (Phi) is 42.2. The first kappa shape index (κ1) is 118. The molecule has 0 aromatic heterocycles. The van der Waals surface area contributed by atoms with Gasteiger partial charge in [0.25, 0.3) is 11.9 Å². The molecule has 62 nitrogen and oxygen atoms in total. The minimum absolute atomic E-state index is 0.756. The predicted molar refractivity (Wildman–Crippen MR) is 439 cm³/mol. The molecule has 25 unspecified atom stereocenters. The Labute approximate surface area is 805 Å². The minimum Gasteiger partial charge on any atom is -0.394 e. The zero-order chi connectivity index (χ0) is 105. The molecule has 142 heavy (non-hydrogen) atoms. The average molecular weight is 2080 g/mol. The third-order valence-electron chi connectivity index (χ3n) is 26.6. The van der Waals surface area contributed by atoms with Gasteiger partial charge in [0.2, 0.25) is 23.6 Å². The number of carbonyl (C=O) groups is 4. The molecule has 11 heterocycles. The molecule has 0 spiro atoms. The Hall–Kier alpha value is -4.28. The van der Waals surface area contributed by atoms with Gasteiger partial charge in [0.1, 0.15) is 244 Å². The molecule has 0 aromatic carbocycles. The topological polar surface area (TPSA) is 978 Å². The first-order valence-electron chi connectivity index (χ1n) is 45.7. The van der Waals surface area contributed by atoms with Crippen molar-refractivity contribution in [3.8, 4) is 0 Å². The van der Waals surface area contributed by atoms with Crippen molar-refractivity contribution in [2.75, 3.05) is 72.7 Å². The molecule has 824 valence electrons. The molecule has 0 saturated carbocycles. The summed E-state index contributed by atoms with van der Waals surface area (Å²) >= 11 is 0. The van der Waals surface area contributed by atoms with Crippen LogP contribution in [0.3, 0.4) is 0 Å². The number of carbonyl (C=O) groups excluding carboxylic acids is 4. The predicted octanol–water partition coefficient (Wildman–Crippen LogP) is -23.7. The van der Waals surface area contributed by atoms with Crippen LogP contribution in [0.15, 0.2) is 0 Å². The van der Waals surface area contributed by atoms with E-state index in [1.807, 2.05) is 0 Å². The summed E-state index contributed by atoms with van der Waals surface area (Å²) in [6.07, 6.45) is -106. The molecule has 0 radical (unpaired) electrons. The minimum atomic E-state index is -2.88. The number of nitrogens with one attached hydrogen (secondary N) is 4. The standard InChI is InChI=1S/C80H136N4O58/c1-20-26(97)7-79(120,141-61(20)43(101)28(99)9-85)123-18-37-47(105)54(112)58(116)74(132-37)135-64-33(14-90)129-72(41(52(64)110)83-24(5)95)139-68-56(114)45(103)30(11-87)126-77(68)122-17-36-49(107)67(60(118)76(131-36)137-66-35(16-92)128-71(40(51(66)109)82-23(4)94)134-63-32(13-89)125-70(119)39(50(63)108)81-22(3)93)138-78-69(57(115)46(104)31(12-88)127-78)140-73-42(84-25(6)96)53(111)65(34(15-91)130-73)136-75-59(117)55(113)48(106)38(133-75)19-124-80(121)8-27(98)21(2)62(142-80)44(102)29(100)10-86/h20-21,26-78,85-92,97-121H,7-19H2,1-6H3,(H,81,93)(H,82,94)(H,83,95)(H,84,96)/t20-,21-,26?,27?,28?,29?,30?,31?,32?,33?,34?,35?,36?,37?,38?,39?,40?,41?,42?,43-,44-,45-,46+,47+,48+,49-,50-,51-,52?,53-,54+,55+,56+,57?,58?,59?,60?,61?,62?,63-,64-,65-,66-,67+,68?,69+,70-,71+,72+,73+,74+,75+,76+,77+,78+,79-,80-/m1/s1. The first-order valence-corrected chi connectivity index (χ1v) is 45.7. The highest BCUT2D eigenvalue weighted by atomic mass is 16.9. The lowest BCUT2D eigenvalue weighted by Crippen LogP contribution is -2.71. The van der Waals surface area contributed by atoms with Gasteiger partial charge in [-0.25, -0.2) is 0 Å². The Morgan fingerprint density at radius 3 is 0.915 bits per heavy atom. The van der Waals surface area contributed by atoms with Crippen LogP contribution in [0.25, 0.3) is 0 Å². The molecule has 62 heteroatoms. The van der Waals surface area contributed by atoms with Gasteiger partial charge < -0.3 is 289 Å². The average Bonchev–Trinajstić information content (AvgIpc) is 0.765. The largest absolute Gasteiger partial charge is 0.394 e. The van der Waals surface area contributed by atoms with E-state index in [4.69, 9.17) is 99.5 Å². The van der Waals surface area contributed by atoms with Gasteiger partial charge in [0, 0.05) is 39.5 Å². The van der Waals surface area contributed by atoms with Crippen LogP contribution in [0, 0.1) is 11.8 Å². The van der Waals surface area contributed by atoms with Crippen LogP contribution in [-0.4, -0.2) is 602 Å². The van der Waals surface area contributed by atoms with Crippen LogP contribution in [0.2, 0.25) is 0 Å². The zero-order valence-electron chi connectivity index (χ0n) is 76.9. The Balaban J connectivity index is 0.881. The van der Waals surface area contributed by atoms with Gasteiger partial charge in [-0.05, 0) is 0 Å². The maximum Gasteiger partial charge on any atom is 0.283 e. The number of aliphatic hydroxyl groups is 33. The third kappa shape index (κ3) is 26.5. The lowest BCUT2D eigenvalue weighted by molar-refractivity contribution is -0.428. The van der Waals surface area contributed by atoms with Crippen molar-refractivity contribution in [1.82, 2.24) is 21.3 Å². The zero-order valence-corrected chi connectivity index (χ0v) is 76.9. The number of hydrogen-bond donors (Lipinski definition) is 37. The molecule has 0 aliphatic carbocycles. The second-order valence-electron chi connectivity index (χ2n) is 36.8. The molecular weight excluding hydrogens is 1940 g/mol. The monoisotopic (exact) mass is 2080 g/mol. The Morgan fingerprint density at radius 2 is 0.570 bits per heavy atom. The molecule has 37 N–H and O–H groups in total. The molecule has 11 rings (SSSR count). The van der Waals surface area contributed by atoms with Gasteiger partial charge in [0.15, 0.2) is 56.6 Å². The van der Waals surface area contributed by atoms with E-state index in [1.165, 1.54) is 13.8 Å². The first-order chi connectivity index (χ1) is 66.9. The van der Waals surface area contributed by atoms with Crippen molar-refractivity contribution in [2.45, 2.75) is 391 Å². The molecule has 0 bridgehead atoms. The summed E-state index contributed by atoms with van der Waals surface area (Å²) in [5.74, 6) is -11.7. The smallest absolute Gasteiger partial charge is 0.283 e. The summed E-state index contributed by atoms with van der Waals surface area (Å²) in [4.78, 5) is 51.9. The summed E-state index contributed by atoms with van der Waals surface area (Å²) < 4.78 is 124. The van der Waals surface area contributed by atoms with Crippen LogP contribution in [0.4, 0.5) is 0 Å². The van der Waals surface area contributed by atoms with Gasteiger partial charge >= 0.3 is 0 Å². The van der Waals surface area contributed by atoms with Gasteiger partial charge in [-0.2, -0.15) is 0 Å². The van der Waals surface area contributed by atoms with Crippen molar-refractivity contribution in [3.05, 3.63) is 0 Å².